The molecule has 3 aromatic rings. The number of benzene rings is 3. The van der Waals surface area contributed by atoms with Crippen molar-refractivity contribution in [1.29, 1.82) is 0 Å². The van der Waals surface area contributed by atoms with Crippen LogP contribution in [0.25, 0.3) is 0 Å². The number of hydrogen-bond acceptors (Lipinski definition) is 10. The molecule has 1 aliphatic heterocycles. The third kappa shape index (κ3) is 6.63. The number of nitrogens with zero attached hydrogens (tertiary/aromatic N) is 3. The standard InChI is InChI=1S/C23H20N4O7S2.Na/c1-15-3-11-21(12-4-15)36(32,33)34-19-9-5-17(6-10-19)24-25-22-16(2)26-27(23(22)28)18-7-13-20(14-8-18)35(29,30)31;/h3-14,24H,1-2H3,(H,29,30,31);/q;+1/p-1/b25-22-;. The van der Waals surface area contributed by atoms with Crippen LogP contribution in [0.5, 0.6) is 5.75 Å². The number of rotatable bonds is 7. The zero-order valence-corrected chi connectivity index (χ0v) is 23.6. The van der Waals surface area contributed by atoms with Crippen LogP contribution in [0.3, 0.4) is 0 Å². The Morgan fingerprint density at radius 2 is 1.43 bits per heavy atom. The maximum atomic E-state index is 12.8. The minimum absolute atomic E-state index is 0. The van der Waals surface area contributed by atoms with Crippen LogP contribution in [0.15, 0.2) is 92.8 Å². The van der Waals surface area contributed by atoms with Crippen LogP contribution in [-0.2, 0) is 25.0 Å². The Balaban J connectivity index is 0.00000380. The molecule has 1 aliphatic rings. The molecular weight excluding hydrogens is 531 g/mol. The van der Waals surface area contributed by atoms with Crippen LogP contribution in [0.4, 0.5) is 11.4 Å². The maximum Gasteiger partial charge on any atom is 1.00 e. The summed E-state index contributed by atoms with van der Waals surface area (Å²) in [7, 11) is -8.60. The predicted octanol–water partition coefficient (Wildman–Crippen LogP) is -0.139. The molecule has 37 heavy (non-hydrogen) atoms. The molecule has 11 nitrogen and oxygen atoms in total. The molecule has 0 radical (unpaired) electrons. The van der Waals surface area contributed by atoms with Crippen LogP contribution in [-0.4, -0.2) is 38.7 Å². The van der Waals surface area contributed by atoms with Crippen LogP contribution in [0, 0.1) is 6.92 Å². The fraction of sp³-hybridized carbons (Fsp3) is 0.0870. The number of hydrogen-bond donors (Lipinski definition) is 1. The molecule has 3 aromatic carbocycles. The number of carbonyl (C=O) groups is 1. The first-order chi connectivity index (χ1) is 16.9. The second-order valence-electron chi connectivity index (χ2n) is 7.70. The van der Waals surface area contributed by atoms with Crippen molar-refractivity contribution >= 4 is 48.9 Å². The molecular formula is C23H19N4NaO7S2. The van der Waals surface area contributed by atoms with Crippen molar-refractivity contribution in [3.63, 3.8) is 0 Å². The van der Waals surface area contributed by atoms with E-state index >= 15 is 0 Å². The topological polar surface area (TPSA) is 158 Å². The van der Waals surface area contributed by atoms with E-state index < -0.39 is 31.0 Å². The Kier molecular flexibility index (Phi) is 8.57. The molecule has 186 valence electrons. The molecule has 0 aliphatic carbocycles. The van der Waals surface area contributed by atoms with E-state index in [1.54, 1.807) is 19.1 Å². The molecule has 0 fully saturated rings. The van der Waals surface area contributed by atoms with Gasteiger partial charge in [-0.25, -0.2) is 8.42 Å². The summed E-state index contributed by atoms with van der Waals surface area (Å²) in [6.07, 6.45) is 0. The van der Waals surface area contributed by atoms with Gasteiger partial charge in [-0.05, 0) is 74.5 Å². The summed E-state index contributed by atoms with van der Waals surface area (Å²) in [5.41, 5.74) is 4.65. The van der Waals surface area contributed by atoms with Gasteiger partial charge in [0.25, 0.3) is 0 Å². The summed E-state index contributed by atoms with van der Waals surface area (Å²) < 4.78 is 63.3. The number of amides is 1. The van der Waals surface area contributed by atoms with E-state index in [1.165, 1.54) is 48.5 Å². The van der Waals surface area contributed by atoms with Crippen molar-refractivity contribution in [2.45, 2.75) is 23.6 Å². The molecule has 0 bridgehead atoms. The third-order valence-electron chi connectivity index (χ3n) is 5.02. The van der Waals surface area contributed by atoms with Crippen molar-refractivity contribution in [2.75, 3.05) is 10.4 Å². The van der Waals surface area contributed by atoms with Gasteiger partial charge in [-0.15, -0.1) is 0 Å². The van der Waals surface area contributed by atoms with Crippen molar-refractivity contribution in [3.05, 3.63) is 78.4 Å². The van der Waals surface area contributed by atoms with E-state index in [-0.39, 0.29) is 51.6 Å². The van der Waals surface area contributed by atoms with Crippen LogP contribution in [0.2, 0.25) is 0 Å². The molecule has 0 unspecified atom stereocenters. The van der Waals surface area contributed by atoms with Crippen LogP contribution >= 0.6 is 0 Å². The normalized spacial score (nSPS) is 14.8. The van der Waals surface area contributed by atoms with Gasteiger partial charge in [-0.2, -0.15) is 23.6 Å². The van der Waals surface area contributed by atoms with Gasteiger partial charge in [0.05, 0.1) is 22.0 Å². The first kappa shape index (κ1) is 28.5. The molecule has 0 spiro atoms. The summed E-state index contributed by atoms with van der Waals surface area (Å²) in [6.45, 7) is 3.42. The number of anilines is 2. The molecule has 4 rings (SSSR count). The van der Waals surface area contributed by atoms with Crippen molar-refractivity contribution in [3.8, 4) is 5.75 Å². The van der Waals surface area contributed by atoms with Gasteiger partial charge >= 0.3 is 45.6 Å². The van der Waals surface area contributed by atoms with E-state index in [1.807, 2.05) is 6.92 Å². The van der Waals surface area contributed by atoms with E-state index in [4.69, 9.17) is 4.18 Å². The predicted molar refractivity (Wildman–Crippen MR) is 131 cm³/mol. The van der Waals surface area contributed by atoms with Gasteiger partial charge in [-0.3, -0.25) is 10.2 Å². The average molecular weight is 551 g/mol. The van der Waals surface area contributed by atoms with Crippen LogP contribution < -0.4 is 44.2 Å². The van der Waals surface area contributed by atoms with Gasteiger partial charge in [-0.1, -0.05) is 17.7 Å². The number of carbonyl (C=O) groups excluding carboxylic acids is 1. The van der Waals surface area contributed by atoms with E-state index in [9.17, 15) is 26.2 Å². The second-order valence-corrected chi connectivity index (χ2v) is 10.6. The first-order valence-corrected chi connectivity index (χ1v) is 13.2. The zero-order chi connectivity index (χ0) is 26.1. The fourth-order valence-electron chi connectivity index (χ4n) is 3.14. The molecule has 1 amide bonds. The molecule has 0 atom stereocenters. The SMILES string of the molecule is CC1=NN(c2ccc(S(=O)(=O)[O-])cc2)C(=O)/C1=N\Nc1ccc(OS(=O)(=O)c2ccc(C)cc2)cc1.[Na+]. The Labute approximate surface area is 236 Å². The minimum Gasteiger partial charge on any atom is -0.744 e. The quantitative estimate of drug-likeness (QED) is 0.184. The largest absolute Gasteiger partial charge is 1.00 e. The first-order valence-electron chi connectivity index (χ1n) is 10.3. The monoisotopic (exact) mass is 550 g/mol. The summed E-state index contributed by atoms with van der Waals surface area (Å²) >= 11 is 0. The average Bonchev–Trinajstić information content (AvgIpc) is 3.11. The van der Waals surface area contributed by atoms with E-state index in [2.05, 4.69) is 15.6 Å². The molecule has 0 saturated carbocycles. The van der Waals surface area contributed by atoms with Gasteiger partial charge in [0, 0.05) is 0 Å². The Bertz CT molecular complexity index is 1590. The Hall–Kier alpha value is -3.07. The molecule has 1 heterocycles. The molecule has 0 saturated heterocycles. The van der Waals surface area contributed by atoms with Crippen molar-refractivity contribution < 1.29 is 59.9 Å². The molecule has 1 N–H and O–H groups in total. The summed E-state index contributed by atoms with van der Waals surface area (Å²) in [4.78, 5) is 12.4. The van der Waals surface area contributed by atoms with Crippen molar-refractivity contribution in [1.82, 2.24) is 0 Å². The fourth-order valence-corrected chi connectivity index (χ4v) is 4.54. The molecule has 14 heteroatoms. The maximum absolute atomic E-state index is 12.8. The van der Waals surface area contributed by atoms with Gasteiger partial charge in [0.2, 0.25) is 0 Å². The number of aryl methyl sites for hydroxylation is 1. The molecule has 0 aromatic heterocycles. The van der Waals surface area contributed by atoms with Crippen molar-refractivity contribution in [2.24, 2.45) is 10.2 Å². The summed E-state index contributed by atoms with van der Waals surface area (Å²) in [6, 6.07) is 16.9. The Morgan fingerprint density at radius 3 is 2.00 bits per heavy atom. The van der Waals surface area contributed by atoms with Gasteiger partial charge < -0.3 is 8.74 Å². The van der Waals surface area contributed by atoms with Gasteiger partial charge in [0.15, 0.2) is 5.71 Å². The van der Waals surface area contributed by atoms with Crippen LogP contribution in [0.1, 0.15) is 12.5 Å². The zero-order valence-electron chi connectivity index (χ0n) is 19.9. The van der Waals surface area contributed by atoms with E-state index in [0.717, 1.165) is 22.7 Å². The summed E-state index contributed by atoms with van der Waals surface area (Å²) in [5, 5.41) is 9.25. The third-order valence-corrected chi connectivity index (χ3v) is 7.14. The second kappa shape index (κ2) is 11.1. The van der Waals surface area contributed by atoms with Gasteiger partial charge in [0.1, 0.15) is 20.8 Å². The smallest absolute Gasteiger partial charge is 0.744 e. The van der Waals surface area contributed by atoms with E-state index in [0.29, 0.717) is 11.4 Å². The minimum atomic E-state index is -4.61. The number of hydrazone groups is 2. The number of nitrogens with one attached hydrogen (secondary N) is 1. The summed E-state index contributed by atoms with van der Waals surface area (Å²) in [5.74, 6) is -0.472. The Morgan fingerprint density at radius 1 is 0.865 bits per heavy atom.